The highest BCUT2D eigenvalue weighted by Crippen LogP contribution is 2.28. The first-order valence-electron chi connectivity index (χ1n) is 6.72. The van der Waals surface area contributed by atoms with Gasteiger partial charge >= 0.3 is 5.97 Å². The molecule has 0 aromatic heterocycles. The van der Waals surface area contributed by atoms with Crippen LogP contribution in [-0.2, 0) is 16.0 Å². The molecule has 108 valence electrons. The summed E-state index contributed by atoms with van der Waals surface area (Å²) in [4.78, 5) is 25.2. The highest BCUT2D eigenvalue weighted by Gasteiger charge is 2.43. The molecule has 0 bridgehead atoms. The fraction of sp³-hybridized carbons (Fsp3) is 0.467. The smallest absolute Gasteiger partial charge is 0.329 e. The molecule has 1 atom stereocenters. The van der Waals surface area contributed by atoms with E-state index in [2.05, 4.69) is 0 Å². The number of nitrogens with zero attached hydrogens (tertiary/aromatic N) is 1. The lowest BCUT2D eigenvalue weighted by atomic mass is 9.88. The number of likely N-dealkylation sites (tertiary alicyclic amines) is 1. The molecule has 1 fully saturated rings. The molecule has 1 aromatic carbocycles. The minimum absolute atomic E-state index is 0.100. The van der Waals surface area contributed by atoms with Gasteiger partial charge in [0, 0.05) is 6.54 Å². The summed E-state index contributed by atoms with van der Waals surface area (Å²) >= 11 is 0. The van der Waals surface area contributed by atoms with Crippen molar-refractivity contribution in [3.63, 3.8) is 0 Å². The topological polar surface area (TPSA) is 57.6 Å². The van der Waals surface area contributed by atoms with Gasteiger partial charge in [-0.3, -0.25) is 4.79 Å². The van der Waals surface area contributed by atoms with Crippen molar-refractivity contribution in [2.45, 2.75) is 38.1 Å². The number of hydrogen-bond donors (Lipinski definition) is 1. The molecule has 1 aromatic rings. The molecule has 0 spiro atoms. The van der Waals surface area contributed by atoms with Crippen LogP contribution >= 0.6 is 0 Å². The van der Waals surface area contributed by atoms with E-state index in [1.165, 1.54) is 17.0 Å². The van der Waals surface area contributed by atoms with Crippen LogP contribution in [0.4, 0.5) is 4.39 Å². The number of carbonyl (C=O) groups is 2. The van der Waals surface area contributed by atoms with Crippen LogP contribution in [0.2, 0.25) is 0 Å². The Kier molecular flexibility index (Phi) is 4.06. The van der Waals surface area contributed by atoms with Gasteiger partial charge in [0.2, 0.25) is 5.91 Å². The summed E-state index contributed by atoms with van der Waals surface area (Å²) in [5.74, 6) is -1.54. The van der Waals surface area contributed by atoms with E-state index in [0.29, 0.717) is 18.5 Å². The zero-order valence-electron chi connectivity index (χ0n) is 11.4. The summed E-state index contributed by atoms with van der Waals surface area (Å²) in [6.07, 6.45) is 2.20. The maximum atomic E-state index is 12.8. The van der Waals surface area contributed by atoms with Crippen molar-refractivity contribution in [3.05, 3.63) is 35.6 Å². The lowest BCUT2D eigenvalue weighted by Gasteiger charge is -2.41. The van der Waals surface area contributed by atoms with Crippen LogP contribution in [0.1, 0.15) is 31.7 Å². The van der Waals surface area contributed by atoms with Crippen LogP contribution in [0.3, 0.4) is 0 Å². The van der Waals surface area contributed by atoms with Crippen LogP contribution in [0, 0.1) is 5.82 Å². The number of carboxylic acid groups (broad SMARTS) is 1. The number of carboxylic acids is 1. The van der Waals surface area contributed by atoms with E-state index in [1.807, 2.05) is 0 Å². The highest BCUT2D eigenvalue weighted by atomic mass is 19.1. The van der Waals surface area contributed by atoms with Crippen molar-refractivity contribution in [1.82, 2.24) is 4.90 Å². The molecule has 1 heterocycles. The molecule has 20 heavy (non-hydrogen) atoms. The zero-order valence-corrected chi connectivity index (χ0v) is 11.4. The van der Waals surface area contributed by atoms with Crippen LogP contribution in [0.25, 0.3) is 0 Å². The van der Waals surface area contributed by atoms with Gasteiger partial charge in [0.15, 0.2) is 0 Å². The summed E-state index contributed by atoms with van der Waals surface area (Å²) in [7, 11) is 0. The maximum absolute atomic E-state index is 12.8. The van der Waals surface area contributed by atoms with Crippen molar-refractivity contribution in [2.75, 3.05) is 6.54 Å². The summed E-state index contributed by atoms with van der Waals surface area (Å²) in [5, 5.41) is 9.38. The molecule has 1 aliphatic heterocycles. The quantitative estimate of drug-likeness (QED) is 0.923. The fourth-order valence-corrected chi connectivity index (χ4v) is 2.62. The van der Waals surface area contributed by atoms with Crippen LogP contribution < -0.4 is 0 Å². The monoisotopic (exact) mass is 279 g/mol. The van der Waals surface area contributed by atoms with Crippen molar-refractivity contribution >= 4 is 11.9 Å². The normalized spacial score (nSPS) is 22.6. The summed E-state index contributed by atoms with van der Waals surface area (Å²) < 4.78 is 12.8. The Morgan fingerprint density at radius 2 is 1.95 bits per heavy atom. The molecule has 0 saturated carbocycles. The third kappa shape index (κ3) is 2.81. The van der Waals surface area contributed by atoms with Crippen molar-refractivity contribution in [3.8, 4) is 0 Å². The predicted octanol–water partition coefficient (Wildman–Crippen LogP) is 2.22. The molecule has 1 saturated heterocycles. The van der Waals surface area contributed by atoms with Gasteiger partial charge in [-0.1, -0.05) is 12.1 Å². The summed E-state index contributed by atoms with van der Waals surface area (Å²) in [6.45, 7) is 2.06. The van der Waals surface area contributed by atoms with Crippen LogP contribution in [-0.4, -0.2) is 34.0 Å². The average Bonchev–Trinajstić information content (AvgIpc) is 2.41. The Morgan fingerprint density at radius 1 is 1.30 bits per heavy atom. The van der Waals surface area contributed by atoms with Crippen LogP contribution in [0.5, 0.6) is 0 Å². The zero-order chi connectivity index (χ0) is 14.8. The van der Waals surface area contributed by atoms with E-state index in [4.69, 9.17) is 0 Å². The number of halogens is 1. The van der Waals surface area contributed by atoms with Gasteiger partial charge in [-0.25, -0.2) is 9.18 Å². The van der Waals surface area contributed by atoms with Crippen molar-refractivity contribution in [2.24, 2.45) is 0 Å². The molecule has 1 amide bonds. The fourth-order valence-electron chi connectivity index (χ4n) is 2.62. The predicted molar refractivity (Wildman–Crippen MR) is 71.7 cm³/mol. The molecular weight excluding hydrogens is 261 g/mol. The molecule has 5 heteroatoms. The molecule has 1 aliphatic rings. The Labute approximate surface area is 117 Å². The third-order valence-electron chi connectivity index (χ3n) is 3.92. The van der Waals surface area contributed by atoms with Gasteiger partial charge in [0.25, 0.3) is 0 Å². The van der Waals surface area contributed by atoms with E-state index in [0.717, 1.165) is 12.8 Å². The van der Waals surface area contributed by atoms with Crippen LogP contribution in [0.15, 0.2) is 24.3 Å². The molecule has 0 radical (unpaired) electrons. The first kappa shape index (κ1) is 14.5. The van der Waals surface area contributed by atoms with Gasteiger partial charge in [-0.2, -0.15) is 0 Å². The number of piperidine rings is 1. The number of amides is 1. The number of rotatable bonds is 3. The van der Waals surface area contributed by atoms with Gasteiger partial charge in [0.1, 0.15) is 11.4 Å². The number of aliphatic carboxylic acids is 1. The SMILES string of the molecule is CC1(C(=O)O)CCCCN1C(=O)Cc1ccc(F)cc1. The molecule has 1 N–H and O–H groups in total. The Hall–Kier alpha value is -1.91. The minimum atomic E-state index is -1.13. The second kappa shape index (κ2) is 5.61. The van der Waals surface area contributed by atoms with Gasteiger partial charge in [0.05, 0.1) is 6.42 Å². The van der Waals surface area contributed by atoms with E-state index >= 15 is 0 Å². The van der Waals surface area contributed by atoms with Gasteiger partial charge in [-0.05, 0) is 43.9 Å². The third-order valence-corrected chi connectivity index (χ3v) is 3.92. The lowest BCUT2D eigenvalue weighted by molar-refractivity contribution is -0.160. The Morgan fingerprint density at radius 3 is 2.55 bits per heavy atom. The molecule has 4 nitrogen and oxygen atoms in total. The second-order valence-electron chi connectivity index (χ2n) is 5.38. The molecule has 2 rings (SSSR count). The van der Waals surface area contributed by atoms with Gasteiger partial charge in [-0.15, -0.1) is 0 Å². The summed E-state index contributed by atoms with van der Waals surface area (Å²) in [5.41, 5.74) is -0.440. The van der Waals surface area contributed by atoms with Crippen molar-refractivity contribution in [1.29, 1.82) is 0 Å². The summed E-state index contributed by atoms with van der Waals surface area (Å²) in [6, 6.07) is 5.70. The molecular formula is C15H18FNO3. The minimum Gasteiger partial charge on any atom is -0.480 e. The van der Waals surface area contributed by atoms with Crippen molar-refractivity contribution < 1.29 is 19.1 Å². The van der Waals surface area contributed by atoms with E-state index in [-0.39, 0.29) is 18.1 Å². The average molecular weight is 279 g/mol. The highest BCUT2D eigenvalue weighted by molar-refractivity contribution is 5.88. The van der Waals surface area contributed by atoms with E-state index < -0.39 is 11.5 Å². The van der Waals surface area contributed by atoms with E-state index in [9.17, 15) is 19.1 Å². The van der Waals surface area contributed by atoms with Gasteiger partial charge < -0.3 is 10.0 Å². The largest absolute Gasteiger partial charge is 0.480 e. The van der Waals surface area contributed by atoms with E-state index in [1.54, 1.807) is 19.1 Å². The Balaban J connectivity index is 2.14. The maximum Gasteiger partial charge on any atom is 0.329 e. The molecule has 1 unspecified atom stereocenters. The first-order chi connectivity index (χ1) is 9.43. The first-order valence-corrected chi connectivity index (χ1v) is 6.72. The number of carbonyl (C=O) groups excluding carboxylic acids is 1. The second-order valence-corrected chi connectivity index (χ2v) is 5.38. The lowest BCUT2D eigenvalue weighted by Crippen LogP contribution is -2.57. The number of hydrogen-bond acceptors (Lipinski definition) is 2. The standard InChI is InChI=1S/C15H18FNO3/c1-15(14(19)20)8-2-3-9-17(15)13(18)10-11-4-6-12(16)7-5-11/h4-7H,2-3,8-10H2,1H3,(H,19,20). The molecule has 0 aliphatic carbocycles. The Bertz CT molecular complexity index is 514. The number of benzene rings is 1.